The lowest BCUT2D eigenvalue weighted by Gasteiger charge is -2.38. The Labute approximate surface area is 121 Å². The quantitative estimate of drug-likeness (QED) is 0.919. The SMILES string of the molecule is NC(=O)[C@@H]1Cc2ccccc2CN1CC1CCCCC1. The fourth-order valence-corrected chi connectivity index (χ4v) is 3.75. The number of primary amides is 1. The number of hydrogen-bond donors (Lipinski definition) is 1. The van der Waals surface area contributed by atoms with E-state index in [1.807, 2.05) is 6.07 Å². The molecule has 0 unspecified atom stereocenters. The first-order valence-electron chi connectivity index (χ1n) is 7.84. The second-order valence-electron chi connectivity index (χ2n) is 6.32. The third-order valence-corrected chi connectivity index (χ3v) is 4.89. The zero-order chi connectivity index (χ0) is 13.9. The van der Waals surface area contributed by atoms with Gasteiger partial charge in [0, 0.05) is 13.1 Å². The van der Waals surface area contributed by atoms with E-state index in [1.54, 1.807) is 0 Å². The molecule has 0 radical (unpaired) electrons. The standard InChI is InChI=1S/C17H24N2O/c18-17(20)16-10-14-8-4-5-9-15(14)12-19(16)11-13-6-2-1-3-7-13/h4-5,8-9,13,16H,1-3,6-7,10-12H2,(H2,18,20)/t16-/m0/s1. The molecule has 1 aliphatic carbocycles. The Hall–Kier alpha value is -1.35. The van der Waals surface area contributed by atoms with Crippen LogP contribution in [0.15, 0.2) is 24.3 Å². The number of fused-ring (bicyclic) bond motifs is 1. The van der Waals surface area contributed by atoms with Gasteiger partial charge in [0.2, 0.25) is 5.91 Å². The van der Waals surface area contributed by atoms with Crippen molar-refractivity contribution in [1.82, 2.24) is 4.90 Å². The molecule has 1 atom stereocenters. The van der Waals surface area contributed by atoms with Crippen molar-refractivity contribution in [3.05, 3.63) is 35.4 Å². The van der Waals surface area contributed by atoms with Crippen molar-refractivity contribution in [2.45, 2.75) is 51.1 Å². The molecular weight excluding hydrogens is 248 g/mol. The molecule has 108 valence electrons. The Morgan fingerprint density at radius 3 is 2.55 bits per heavy atom. The lowest BCUT2D eigenvalue weighted by atomic mass is 9.87. The highest BCUT2D eigenvalue weighted by molar-refractivity contribution is 5.80. The first kappa shape index (κ1) is 13.6. The van der Waals surface area contributed by atoms with E-state index in [4.69, 9.17) is 5.73 Å². The van der Waals surface area contributed by atoms with Crippen LogP contribution in [0.5, 0.6) is 0 Å². The van der Waals surface area contributed by atoms with Crippen LogP contribution in [0.2, 0.25) is 0 Å². The summed E-state index contributed by atoms with van der Waals surface area (Å²) in [4.78, 5) is 14.1. The van der Waals surface area contributed by atoms with Gasteiger partial charge in [-0.25, -0.2) is 0 Å². The molecule has 1 aromatic rings. The zero-order valence-electron chi connectivity index (χ0n) is 12.1. The van der Waals surface area contributed by atoms with Crippen LogP contribution in [0.3, 0.4) is 0 Å². The van der Waals surface area contributed by atoms with E-state index in [-0.39, 0.29) is 11.9 Å². The van der Waals surface area contributed by atoms with Gasteiger partial charge >= 0.3 is 0 Å². The summed E-state index contributed by atoms with van der Waals surface area (Å²) in [6.07, 6.45) is 7.46. The van der Waals surface area contributed by atoms with E-state index in [0.717, 1.165) is 25.4 Å². The van der Waals surface area contributed by atoms with Crippen molar-refractivity contribution in [2.24, 2.45) is 11.7 Å². The van der Waals surface area contributed by atoms with Crippen LogP contribution >= 0.6 is 0 Å². The normalized spacial score (nSPS) is 24.3. The summed E-state index contributed by atoms with van der Waals surface area (Å²) in [5.41, 5.74) is 8.29. The molecule has 0 spiro atoms. The molecule has 1 aromatic carbocycles. The Balaban J connectivity index is 1.75. The largest absolute Gasteiger partial charge is 0.368 e. The topological polar surface area (TPSA) is 46.3 Å². The number of hydrogen-bond acceptors (Lipinski definition) is 2. The van der Waals surface area contributed by atoms with Crippen molar-refractivity contribution in [3.63, 3.8) is 0 Å². The average Bonchev–Trinajstić information content (AvgIpc) is 2.47. The summed E-state index contributed by atoms with van der Waals surface area (Å²) in [6, 6.07) is 8.33. The van der Waals surface area contributed by atoms with Gasteiger partial charge < -0.3 is 5.73 Å². The first-order valence-corrected chi connectivity index (χ1v) is 7.84. The van der Waals surface area contributed by atoms with E-state index in [2.05, 4.69) is 23.1 Å². The summed E-state index contributed by atoms with van der Waals surface area (Å²) >= 11 is 0. The monoisotopic (exact) mass is 272 g/mol. The first-order chi connectivity index (χ1) is 9.74. The van der Waals surface area contributed by atoms with Crippen LogP contribution < -0.4 is 5.73 Å². The van der Waals surface area contributed by atoms with Gasteiger partial charge in [-0.1, -0.05) is 43.5 Å². The lowest BCUT2D eigenvalue weighted by Crippen LogP contribution is -2.50. The molecule has 1 amide bonds. The summed E-state index contributed by atoms with van der Waals surface area (Å²) in [5, 5.41) is 0. The Morgan fingerprint density at radius 2 is 1.85 bits per heavy atom. The maximum atomic E-state index is 11.8. The van der Waals surface area contributed by atoms with Gasteiger partial charge in [0.15, 0.2) is 0 Å². The highest BCUT2D eigenvalue weighted by Gasteiger charge is 2.31. The van der Waals surface area contributed by atoms with Crippen molar-refractivity contribution in [2.75, 3.05) is 6.54 Å². The smallest absolute Gasteiger partial charge is 0.235 e. The van der Waals surface area contributed by atoms with Crippen LogP contribution in [0.25, 0.3) is 0 Å². The lowest BCUT2D eigenvalue weighted by molar-refractivity contribution is -0.124. The second-order valence-corrected chi connectivity index (χ2v) is 6.32. The van der Waals surface area contributed by atoms with Crippen LogP contribution in [-0.2, 0) is 17.8 Å². The molecule has 1 fully saturated rings. The molecule has 0 saturated heterocycles. The molecule has 0 bridgehead atoms. The Kier molecular flexibility index (Phi) is 4.06. The number of amides is 1. The molecule has 3 nitrogen and oxygen atoms in total. The van der Waals surface area contributed by atoms with Gasteiger partial charge in [-0.15, -0.1) is 0 Å². The van der Waals surface area contributed by atoms with Crippen LogP contribution in [0.1, 0.15) is 43.2 Å². The third-order valence-electron chi connectivity index (χ3n) is 4.89. The number of benzene rings is 1. The van der Waals surface area contributed by atoms with Gasteiger partial charge in [-0.05, 0) is 36.3 Å². The van der Waals surface area contributed by atoms with E-state index in [0.29, 0.717) is 0 Å². The molecule has 2 aliphatic rings. The molecule has 1 aliphatic heterocycles. The average molecular weight is 272 g/mol. The zero-order valence-corrected chi connectivity index (χ0v) is 12.1. The fraction of sp³-hybridized carbons (Fsp3) is 0.588. The molecule has 0 aromatic heterocycles. The van der Waals surface area contributed by atoms with Crippen LogP contribution in [0.4, 0.5) is 0 Å². The van der Waals surface area contributed by atoms with Gasteiger partial charge in [-0.3, -0.25) is 9.69 Å². The maximum Gasteiger partial charge on any atom is 0.235 e. The maximum absolute atomic E-state index is 11.8. The molecule has 1 saturated carbocycles. The summed E-state index contributed by atoms with van der Waals surface area (Å²) in [6.45, 7) is 1.90. The molecule has 1 heterocycles. The van der Waals surface area contributed by atoms with Crippen molar-refractivity contribution in [3.8, 4) is 0 Å². The number of carbonyl (C=O) groups excluding carboxylic acids is 1. The van der Waals surface area contributed by atoms with Crippen molar-refractivity contribution < 1.29 is 4.79 Å². The predicted molar refractivity (Wildman–Crippen MR) is 80.1 cm³/mol. The number of nitrogens with zero attached hydrogens (tertiary/aromatic N) is 1. The Bertz CT molecular complexity index is 480. The van der Waals surface area contributed by atoms with E-state index in [9.17, 15) is 4.79 Å². The fourth-order valence-electron chi connectivity index (χ4n) is 3.75. The summed E-state index contributed by atoms with van der Waals surface area (Å²) in [5.74, 6) is 0.575. The van der Waals surface area contributed by atoms with Crippen LogP contribution in [0, 0.1) is 5.92 Å². The summed E-state index contributed by atoms with van der Waals surface area (Å²) < 4.78 is 0. The van der Waals surface area contributed by atoms with Gasteiger partial charge in [0.25, 0.3) is 0 Å². The second kappa shape index (κ2) is 5.96. The highest BCUT2D eigenvalue weighted by Crippen LogP contribution is 2.29. The Morgan fingerprint density at radius 1 is 1.15 bits per heavy atom. The van der Waals surface area contributed by atoms with Gasteiger partial charge in [-0.2, -0.15) is 0 Å². The minimum absolute atomic E-state index is 0.119. The van der Waals surface area contributed by atoms with Gasteiger partial charge in [0.1, 0.15) is 0 Å². The number of carbonyl (C=O) groups is 1. The number of nitrogens with two attached hydrogens (primary N) is 1. The molecule has 3 heteroatoms. The van der Waals surface area contributed by atoms with Gasteiger partial charge in [0.05, 0.1) is 6.04 Å². The number of rotatable bonds is 3. The van der Waals surface area contributed by atoms with Crippen molar-refractivity contribution in [1.29, 1.82) is 0 Å². The molecule has 2 N–H and O–H groups in total. The minimum atomic E-state index is -0.171. The van der Waals surface area contributed by atoms with Crippen LogP contribution in [-0.4, -0.2) is 23.4 Å². The van der Waals surface area contributed by atoms with E-state index >= 15 is 0 Å². The highest BCUT2D eigenvalue weighted by atomic mass is 16.1. The molecule has 20 heavy (non-hydrogen) atoms. The van der Waals surface area contributed by atoms with E-state index < -0.39 is 0 Å². The van der Waals surface area contributed by atoms with E-state index in [1.165, 1.54) is 43.2 Å². The molecular formula is C17H24N2O. The minimum Gasteiger partial charge on any atom is -0.368 e. The third kappa shape index (κ3) is 2.88. The summed E-state index contributed by atoms with van der Waals surface area (Å²) in [7, 11) is 0. The molecule has 3 rings (SSSR count). The predicted octanol–water partition coefficient (Wildman–Crippen LogP) is 2.48. The van der Waals surface area contributed by atoms with Crippen molar-refractivity contribution >= 4 is 5.91 Å².